The quantitative estimate of drug-likeness (QED) is 0.558. The van der Waals surface area contributed by atoms with Gasteiger partial charge in [0.2, 0.25) is 5.91 Å². The van der Waals surface area contributed by atoms with E-state index >= 15 is 0 Å². The van der Waals surface area contributed by atoms with Gasteiger partial charge in [-0.3, -0.25) is 19.5 Å². The highest BCUT2D eigenvalue weighted by Crippen LogP contribution is 2.38. The Morgan fingerprint density at radius 1 is 1.06 bits per heavy atom. The van der Waals surface area contributed by atoms with Crippen molar-refractivity contribution in [2.75, 3.05) is 26.7 Å². The van der Waals surface area contributed by atoms with Crippen molar-refractivity contribution in [3.63, 3.8) is 0 Å². The Morgan fingerprint density at radius 3 is 2.33 bits per heavy atom. The number of allylic oxidation sites excluding steroid dienone is 1. The van der Waals surface area contributed by atoms with E-state index in [4.69, 9.17) is 0 Å². The van der Waals surface area contributed by atoms with Gasteiger partial charge in [0.15, 0.2) is 0 Å². The Labute approximate surface area is 207 Å². The summed E-state index contributed by atoms with van der Waals surface area (Å²) in [6.45, 7) is 1.36. The molecule has 196 valence electrons. The Kier molecular flexibility index (Phi) is 7.42. The maximum absolute atomic E-state index is 13.5. The Bertz CT molecular complexity index is 1090. The van der Waals surface area contributed by atoms with E-state index in [1.165, 1.54) is 0 Å². The van der Waals surface area contributed by atoms with Gasteiger partial charge in [0, 0.05) is 20.1 Å². The lowest BCUT2D eigenvalue weighted by molar-refractivity contribution is -0.143. The van der Waals surface area contributed by atoms with Gasteiger partial charge in [0.25, 0.3) is 5.24 Å². The number of amidine groups is 1. The average molecular weight is 535 g/mol. The van der Waals surface area contributed by atoms with Gasteiger partial charge in [-0.1, -0.05) is 12.1 Å². The second-order valence-corrected chi connectivity index (χ2v) is 10.1. The number of aliphatic imine (C=N–C) groups is 1. The molecule has 0 radical (unpaired) electrons. The summed E-state index contributed by atoms with van der Waals surface area (Å²) in [5.74, 6) is 0.293. The van der Waals surface area contributed by atoms with E-state index in [0.29, 0.717) is 55.7 Å². The fourth-order valence-corrected chi connectivity index (χ4v) is 5.32. The Morgan fingerprint density at radius 2 is 1.75 bits per heavy atom. The predicted molar refractivity (Wildman–Crippen MR) is 122 cm³/mol. The Balaban J connectivity index is 1.42. The minimum Gasteiger partial charge on any atom is -0.344 e. The van der Waals surface area contributed by atoms with Crippen LogP contribution in [0.25, 0.3) is 0 Å². The van der Waals surface area contributed by atoms with Gasteiger partial charge in [-0.15, -0.1) is 0 Å². The van der Waals surface area contributed by atoms with E-state index in [9.17, 15) is 35.9 Å². The van der Waals surface area contributed by atoms with Crippen LogP contribution in [-0.2, 0) is 23.7 Å². The lowest BCUT2D eigenvalue weighted by Gasteiger charge is -2.31. The normalized spacial score (nSPS) is 24.9. The Hall–Kier alpha value is -2.54. The van der Waals surface area contributed by atoms with Crippen LogP contribution in [0.3, 0.4) is 0 Å². The molecule has 1 atom stereocenters. The van der Waals surface area contributed by atoms with Crippen LogP contribution < -0.4 is 5.32 Å². The molecule has 1 aromatic rings. The van der Waals surface area contributed by atoms with E-state index in [0.717, 1.165) is 17.8 Å². The molecule has 3 saturated heterocycles. The van der Waals surface area contributed by atoms with Gasteiger partial charge >= 0.3 is 12.4 Å². The molecule has 13 heteroatoms. The highest BCUT2D eigenvalue weighted by molar-refractivity contribution is 8.18. The summed E-state index contributed by atoms with van der Waals surface area (Å²) in [5.41, 5.74) is -2.81. The van der Waals surface area contributed by atoms with Crippen molar-refractivity contribution in [2.24, 2.45) is 10.9 Å². The molecule has 6 nitrogen and oxygen atoms in total. The number of hydrogen-bond acceptors (Lipinski definition) is 5. The van der Waals surface area contributed by atoms with E-state index in [-0.39, 0.29) is 35.2 Å². The third kappa shape index (κ3) is 6.05. The number of thioether (sulfide) groups is 1. The topological polar surface area (TPSA) is 65.0 Å². The fourth-order valence-electron chi connectivity index (χ4n) is 4.51. The molecule has 3 heterocycles. The number of nitrogens with one attached hydrogen (secondary N) is 1. The van der Waals surface area contributed by atoms with Crippen molar-refractivity contribution < 1.29 is 35.9 Å². The minimum absolute atomic E-state index is 0.0401. The maximum atomic E-state index is 13.5. The number of carbonyl (C=O) groups excluding carboxylic acids is 2. The van der Waals surface area contributed by atoms with Crippen LogP contribution in [0.1, 0.15) is 36.0 Å². The third-order valence-corrected chi connectivity index (χ3v) is 7.33. The fraction of sp³-hybridized carbons (Fsp3) is 0.522. The number of rotatable bonds is 4. The van der Waals surface area contributed by atoms with E-state index in [1.54, 1.807) is 16.8 Å². The second kappa shape index (κ2) is 10.1. The summed E-state index contributed by atoms with van der Waals surface area (Å²) in [7, 11) is 1.69. The van der Waals surface area contributed by atoms with Crippen LogP contribution in [0.4, 0.5) is 31.1 Å². The van der Waals surface area contributed by atoms with Crippen LogP contribution in [0.5, 0.6) is 0 Å². The molecule has 36 heavy (non-hydrogen) atoms. The maximum Gasteiger partial charge on any atom is 0.416 e. The molecule has 3 aliphatic rings. The van der Waals surface area contributed by atoms with Gasteiger partial charge in [-0.2, -0.15) is 26.3 Å². The molecule has 0 bridgehead atoms. The smallest absolute Gasteiger partial charge is 0.344 e. The highest BCUT2D eigenvalue weighted by atomic mass is 32.2. The zero-order valence-electron chi connectivity index (χ0n) is 19.2. The number of likely N-dealkylation sites (tertiary alicyclic amines) is 2. The summed E-state index contributed by atoms with van der Waals surface area (Å²) in [6.07, 6.45) is -6.10. The first-order valence-electron chi connectivity index (χ1n) is 11.3. The first kappa shape index (κ1) is 26.5. The average Bonchev–Trinajstić information content (AvgIpc) is 3.29. The molecule has 0 saturated carbocycles. The molecule has 0 aromatic heterocycles. The molecular formula is C23H24F6N4O2S. The van der Waals surface area contributed by atoms with Gasteiger partial charge in [0.05, 0.1) is 16.0 Å². The minimum atomic E-state index is -4.90. The molecular weight excluding hydrogens is 510 g/mol. The molecule has 3 fully saturated rings. The van der Waals surface area contributed by atoms with Crippen molar-refractivity contribution >= 4 is 28.7 Å². The van der Waals surface area contributed by atoms with Crippen molar-refractivity contribution in [3.05, 3.63) is 45.9 Å². The van der Waals surface area contributed by atoms with Crippen LogP contribution in [0, 0.1) is 5.92 Å². The summed E-state index contributed by atoms with van der Waals surface area (Å²) >= 11 is 0.989. The molecule has 3 aliphatic heterocycles. The van der Waals surface area contributed by atoms with E-state index < -0.39 is 29.5 Å². The highest BCUT2D eigenvalue weighted by Gasteiger charge is 2.38. The van der Waals surface area contributed by atoms with Crippen LogP contribution >= 0.6 is 11.8 Å². The van der Waals surface area contributed by atoms with Gasteiger partial charge in [-0.25, -0.2) is 0 Å². The molecule has 0 spiro atoms. The number of alkyl halides is 6. The molecule has 4 rings (SSSR count). The SMILES string of the molecule is CN1CC[C@@H](N=C2NC(=O)S/C2=C\C2CCN(Cc3ccc(C(F)(F)F)cc3C(F)(F)F)CC2)C1=O. The summed E-state index contributed by atoms with van der Waals surface area (Å²) < 4.78 is 79.1. The monoisotopic (exact) mass is 534 g/mol. The zero-order valence-corrected chi connectivity index (χ0v) is 20.1. The largest absolute Gasteiger partial charge is 0.416 e. The number of benzene rings is 1. The van der Waals surface area contributed by atoms with Crippen molar-refractivity contribution in [3.8, 4) is 0 Å². The number of halogens is 6. The van der Waals surface area contributed by atoms with Crippen LogP contribution in [-0.4, -0.2) is 59.5 Å². The number of likely N-dealkylation sites (N-methyl/N-ethyl adjacent to an activating group) is 1. The number of hydrogen-bond donors (Lipinski definition) is 1. The van der Waals surface area contributed by atoms with Gasteiger partial charge in [0.1, 0.15) is 11.9 Å². The molecule has 2 amide bonds. The lowest BCUT2D eigenvalue weighted by Crippen LogP contribution is -2.33. The number of nitrogens with zero attached hydrogens (tertiary/aromatic N) is 3. The summed E-state index contributed by atoms with van der Waals surface area (Å²) in [4.78, 5) is 32.5. The van der Waals surface area contributed by atoms with Gasteiger partial charge < -0.3 is 10.2 Å². The second-order valence-electron chi connectivity index (χ2n) is 9.07. The predicted octanol–water partition coefficient (Wildman–Crippen LogP) is 4.91. The first-order chi connectivity index (χ1) is 16.8. The van der Waals surface area contributed by atoms with Crippen molar-refractivity contribution in [1.82, 2.24) is 15.1 Å². The molecule has 1 N–H and O–H groups in total. The van der Waals surface area contributed by atoms with E-state index in [1.807, 2.05) is 6.08 Å². The number of piperidine rings is 1. The van der Waals surface area contributed by atoms with Gasteiger partial charge in [-0.05, 0) is 67.7 Å². The summed E-state index contributed by atoms with van der Waals surface area (Å²) in [5, 5.41) is 2.38. The standard InChI is InChI=1S/C23H24F6N4O2S/c1-32-7-6-17(20(32)34)30-19-18(36-21(35)31-19)10-13-4-8-33(9-5-13)12-14-2-3-15(22(24,25)26)11-16(14)23(27,28)29/h2-3,10-11,13,17H,4-9,12H2,1H3,(H,30,31,35)/b18-10-/t17-/m1/s1. The molecule has 1 aromatic carbocycles. The van der Waals surface area contributed by atoms with Crippen LogP contribution in [0.15, 0.2) is 34.2 Å². The van der Waals surface area contributed by atoms with Crippen molar-refractivity contribution in [1.29, 1.82) is 0 Å². The first-order valence-corrected chi connectivity index (χ1v) is 12.2. The molecule has 0 unspecified atom stereocenters. The van der Waals surface area contributed by atoms with Crippen molar-refractivity contribution in [2.45, 2.75) is 44.2 Å². The van der Waals surface area contributed by atoms with Crippen LogP contribution in [0.2, 0.25) is 0 Å². The third-order valence-electron chi connectivity index (χ3n) is 6.50. The number of amides is 2. The summed E-state index contributed by atoms with van der Waals surface area (Å²) in [6, 6.07) is 1.20. The lowest BCUT2D eigenvalue weighted by atomic mass is 9.95. The number of carbonyl (C=O) groups is 2. The zero-order chi connectivity index (χ0) is 26.3. The van der Waals surface area contributed by atoms with E-state index in [2.05, 4.69) is 10.3 Å². The molecule has 0 aliphatic carbocycles.